The molecular weight excluding hydrogens is 450 g/mol. The van der Waals surface area contributed by atoms with E-state index in [0.717, 1.165) is 34.2 Å². The number of fused-ring (bicyclic) bond motifs is 1. The molecule has 1 aliphatic heterocycles. The first kappa shape index (κ1) is 22.0. The number of anilines is 1. The van der Waals surface area contributed by atoms with Crippen LogP contribution in [0.3, 0.4) is 0 Å². The average molecular weight is 476 g/mol. The van der Waals surface area contributed by atoms with Gasteiger partial charge in [-0.3, -0.25) is 9.52 Å². The van der Waals surface area contributed by atoms with Crippen molar-refractivity contribution < 1.29 is 13.2 Å². The summed E-state index contributed by atoms with van der Waals surface area (Å²) < 4.78 is 28.2. The Morgan fingerprint density at radius 2 is 2.03 bits per heavy atom. The molecule has 34 heavy (non-hydrogen) atoms. The first-order valence-electron chi connectivity index (χ1n) is 11.2. The van der Waals surface area contributed by atoms with Gasteiger partial charge in [0, 0.05) is 48.3 Å². The predicted octanol–water partition coefficient (Wildman–Crippen LogP) is 4.18. The Bertz CT molecular complexity index is 1500. The van der Waals surface area contributed by atoms with E-state index in [1.165, 1.54) is 12.3 Å². The van der Waals surface area contributed by atoms with E-state index in [2.05, 4.69) is 19.7 Å². The van der Waals surface area contributed by atoms with E-state index in [1.807, 2.05) is 43.5 Å². The highest BCUT2D eigenvalue weighted by Crippen LogP contribution is 2.29. The molecule has 0 radical (unpaired) electrons. The van der Waals surface area contributed by atoms with Gasteiger partial charge in [-0.2, -0.15) is 0 Å². The van der Waals surface area contributed by atoms with Crippen LogP contribution in [-0.4, -0.2) is 47.3 Å². The second-order valence-electron chi connectivity index (χ2n) is 8.24. The average Bonchev–Trinajstić information content (AvgIpc) is 3.52. The third-order valence-electron chi connectivity index (χ3n) is 6.08. The fourth-order valence-electron chi connectivity index (χ4n) is 4.21. The van der Waals surface area contributed by atoms with Crippen LogP contribution in [0.15, 0.2) is 72.0 Å². The second kappa shape index (κ2) is 8.83. The van der Waals surface area contributed by atoms with E-state index in [0.29, 0.717) is 25.2 Å². The Labute approximate surface area is 197 Å². The fraction of sp³-hybridized carbons (Fsp3) is 0.200. The summed E-state index contributed by atoms with van der Waals surface area (Å²) in [5.41, 5.74) is 4.88. The normalized spacial score (nSPS) is 14.3. The van der Waals surface area contributed by atoms with Crippen LogP contribution in [0.1, 0.15) is 35.0 Å². The maximum atomic E-state index is 13.0. The molecule has 0 spiro atoms. The SMILES string of the molecule is CCc1cccc(NS(=O)(=O)c2c[nH]c(C(=O)N3CC=C(c4c[nH]c5ncccc45)CC3)c2)c1. The van der Waals surface area contributed by atoms with Crippen LogP contribution in [0.4, 0.5) is 5.69 Å². The highest BCUT2D eigenvalue weighted by Gasteiger charge is 2.24. The van der Waals surface area contributed by atoms with Gasteiger partial charge in [-0.15, -0.1) is 0 Å². The first-order valence-corrected chi connectivity index (χ1v) is 12.6. The zero-order valence-corrected chi connectivity index (χ0v) is 19.5. The summed E-state index contributed by atoms with van der Waals surface area (Å²) in [4.78, 5) is 25.1. The number of hydrogen-bond donors (Lipinski definition) is 3. The van der Waals surface area contributed by atoms with Gasteiger partial charge in [0.05, 0.1) is 0 Å². The lowest BCUT2D eigenvalue weighted by molar-refractivity contribution is 0.0767. The summed E-state index contributed by atoms with van der Waals surface area (Å²) in [5, 5.41) is 1.06. The van der Waals surface area contributed by atoms with Gasteiger partial charge in [0.25, 0.3) is 15.9 Å². The van der Waals surface area contributed by atoms with Crippen molar-refractivity contribution in [3.8, 4) is 0 Å². The summed E-state index contributed by atoms with van der Waals surface area (Å²) >= 11 is 0. The van der Waals surface area contributed by atoms with Crippen LogP contribution in [0.2, 0.25) is 0 Å². The number of rotatable bonds is 6. The Morgan fingerprint density at radius 3 is 2.82 bits per heavy atom. The van der Waals surface area contributed by atoms with E-state index in [-0.39, 0.29) is 16.5 Å². The number of nitrogens with one attached hydrogen (secondary N) is 3. The third-order valence-corrected chi connectivity index (χ3v) is 7.44. The minimum Gasteiger partial charge on any atom is -0.356 e. The lowest BCUT2D eigenvalue weighted by Crippen LogP contribution is -2.34. The van der Waals surface area contributed by atoms with E-state index >= 15 is 0 Å². The van der Waals surface area contributed by atoms with Crippen LogP contribution in [0.5, 0.6) is 0 Å². The molecule has 0 saturated carbocycles. The van der Waals surface area contributed by atoms with Gasteiger partial charge in [0.1, 0.15) is 16.2 Å². The number of nitrogens with zero attached hydrogens (tertiary/aromatic N) is 2. The number of carbonyl (C=O) groups is 1. The quantitative estimate of drug-likeness (QED) is 0.388. The minimum absolute atomic E-state index is 0.0253. The fourth-order valence-corrected chi connectivity index (χ4v) is 5.25. The van der Waals surface area contributed by atoms with Crippen molar-refractivity contribution >= 4 is 38.2 Å². The van der Waals surface area contributed by atoms with Crippen LogP contribution in [-0.2, 0) is 16.4 Å². The topological polar surface area (TPSA) is 111 Å². The summed E-state index contributed by atoms with van der Waals surface area (Å²) in [6, 6.07) is 12.6. The Hall–Kier alpha value is -3.85. The van der Waals surface area contributed by atoms with Crippen LogP contribution < -0.4 is 4.72 Å². The first-order chi connectivity index (χ1) is 16.4. The van der Waals surface area contributed by atoms with Gasteiger partial charge in [-0.25, -0.2) is 13.4 Å². The van der Waals surface area contributed by atoms with Gasteiger partial charge in [-0.05, 0) is 54.3 Å². The van der Waals surface area contributed by atoms with Crippen LogP contribution in [0, 0.1) is 0 Å². The van der Waals surface area contributed by atoms with E-state index < -0.39 is 10.0 Å². The zero-order valence-electron chi connectivity index (χ0n) is 18.7. The molecule has 4 aromatic rings. The van der Waals surface area contributed by atoms with Crippen LogP contribution in [0.25, 0.3) is 16.6 Å². The van der Waals surface area contributed by atoms with Crippen molar-refractivity contribution in [2.75, 3.05) is 17.8 Å². The summed E-state index contributed by atoms with van der Waals surface area (Å²) in [6.07, 6.45) is 8.60. The molecule has 3 N–H and O–H groups in total. The van der Waals surface area contributed by atoms with E-state index in [1.54, 1.807) is 23.2 Å². The molecule has 3 aromatic heterocycles. The number of sulfonamides is 1. The maximum absolute atomic E-state index is 13.0. The monoisotopic (exact) mass is 475 g/mol. The highest BCUT2D eigenvalue weighted by atomic mass is 32.2. The smallest absolute Gasteiger partial charge is 0.270 e. The minimum atomic E-state index is -3.81. The zero-order chi connectivity index (χ0) is 23.7. The Balaban J connectivity index is 1.29. The molecule has 0 fully saturated rings. The van der Waals surface area contributed by atoms with Crippen molar-refractivity contribution in [3.63, 3.8) is 0 Å². The van der Waals surface area contributed by atoms with Crippen molar-refractivity contribution in [3.05, 3.63) is 84.0 Å². The molecule has 0 saturated heterocycles. The molecule has 8 nitrogen and oxygen atoms in total. The number of aromatic nitrogens is 3. The Morgan fingerprint density at radius 1 is 1.15 bits per heavy atom. The molecule has 0 atom stereocenters. The van der Waals surface area contributed by atoms with Crippen LogP contribution >= 0.6 is 0 Å². The van der Waals surface area contributed by atoms with Gasteiger partial charge in [0.15, 0.2) is 0 Å². The largest absolute Gasteiger partial charge is 0.356 e. The number of amides is 1. The lowest BCUT2D eigenvalue weighted by atomic mass is 9.99. The molecule has 0 aliphatic carbocycles. The molecule has 1 aliphatic rings. The number of H-pyrrole nitrogens is 2. The number of aryl methyl sites for hydroxylation is 1. The Kier molecular flexibility index (Phi) is 5.70. The number of aromatic amines is 2. The third kappa shape index (κ3) is 4.22. The molecule has 5 rings (SSSR count). The highest BCUT2D eigenvalue weighted by molar-refractivity contribution is 7.92. The standard InChI is InChI=1S/C25H25N5O3S/c1-2-17-5-3-6-19(13-17)29-34(32,33)20-14-23(27-15-20)25(31)30-11-8-18(9-12-30)22-16-28-24-21(22)7-4-10-26-24/h3-8,10,13-16,27,29H,2,9,11-12H2,1H3,(H,26,28). The second-order valence-corrected chi connectivity index (χ2v) is 9.92. The van der Waals surface area contributed by atoms with Crippen molar-refractivity contribution in [1.82, 2.24) is 19.9 Å². The molecule has 1 amide bonds. The molecule has 0 unspecified atom stereocenters. The molecular formula is C25H25N5O3S. The van der Waals surface area contributed by atoms with Gasteiger partial charge < -0.3 is 14.9 Å². The van der Waals surface area contributed by atoms with Gasteiger partial charge in [-0.1, -0.05) is 25.1 Å². The van der Waals surface area contributed by atoms with Crippen molar-refractivity contribution in [2.24, 2.45) is 0 Å². The molecule has 174 valence electrons. The lowest BCUT2D eigenvalue weighted by Gasteiger charge is -2.26. The molecule has 1 aromatic carbocycles. The van der Waals surface area contributed by atoms with Gasteiger partial charge in [0.2, 0.25) is 0 Å². The van der Waals surface area contributed by atoms with Crippen molar-refractivity contribution in [1.29, 1.82) is 0 Å². The molecule has 0 bridgehead atoms. The number of carbonyl (C=O) groups excluding carboxylic acids is 1. The predicted molar refractivity (Wildman–Crippen MR) is 132 cm³/mol. The van der Waals surface area contributed by atoms with E-state index in [4.69, 9.17) is 0 Å². The number of hydrogen-bond acceptors (Lipinski definition) is 4. The maximum Gasteiger partial charge on any atom is 0.270 e. The molecule has 9 heteroatoms. The summed E-state index contributed by atoms with van der Waals surface area (Å²) in [5.74, 6) is -0.231. The van der Waals surface area contributed by atoms with Crippen molar-refractivity contribution in [2.45, 2.75) is 24.7 Å². The summed E-state index contributed by atoms with van der Waals surface area (Å²) in [7, 11) is -3.81. The summed E-state index contributed by atoms with van der Waals surface area (Å²) in [6.45, 7) is 3.00. The number of pyridine rings is 1. The molecule has 4 heterocycles. The number of benzene rings is 1. The van der Waals surface area contributed by atoms with E-state index in [9.17, 15) is 13.2 Å². The van der Waals surface area contributed by atoms with Gasteiger partial charge >= 0.3 is 0 Å².